The van der Waals surface area contributed by atoms with Crippen molar-refractivity contribution >= 4 is 29.0 Å². The molecule has 0 radical (unpaired) electrons. The summed E-state index contributed by atoms with van der Waals surface area (Å²) in [6.45, 7) is 1.57. The Morgan fingerprint density at radius 3 is 2.24 bits per heavy atom. The van der Waals surface area contributed by atoms with Crippen LogP contribution in [-0.2, 0) is 4.74 Å². The van der Waals surface area contributed by atoms with E-state index in [1.165, 1.54) is 12.1 Å². The molecule has 146 valence electrons. The lowest BCUT2D eigenvalue weighted by Gasteiger charge is -2.18. The highest BCUT2D eigenvalue weighted by atomic mass is 35.5. The number of hydrogen-bond donors (Lipinski definition) is 0. The Hall–Kier alpha value is -3.51. The number of hydrogen-bond acceptors (Lipinski definition) is 5. The Morgan fingerprint density at radius 1 is 0.966 bits per heavy atom. The van der Waals surface area contributed by atoms with Crippen molar-refractivity contribution in [1.82, 2.24) is 0 Å². The summed E-state index contributed by atoms with van der Waals surface area (Å²) in [4.78, 5) is 36.3. The Kier molecular flexibility index (Phi) is 6.04. The quantitative estimate of drug-likeness (QED) is 0.237. The number of nitro benzene ring substituents is 1. The van der Waals surface area contributed by atoms with Gasteiger partial charge in [-0.3, -0.25) is 14.9 Å². The minimum absolute atomic E-state index is 0.0119. The fourth-order valence-electron chi connectivity index (χ4n) is 2.77. The zero-order valence-electron chi connectivity index (χ0n) is 15.4. The lowest BCUT2D eigenvalue weighted by atomic mass is 9.99. The molecule has 0 fully saturated rings. The highest BCUT2D eigenvalue weighted by Gasteiger charge is 2.27. The van der Waals surface area contributed by atoms with Crippen LogP contribution in [-0.4, -0.2) is 16.7 Å². The smallest absolute Gasteiger partial charge is 0.339 e. The maximum absolute atomic E-state index is 13.0. The van der Waals surface area contributed by atoms with Crippen LogP contribution in [0.1, 0.15) is 37.9 Å². The number of nitrogens with zero attached hydrogens (tertiary/aromatic N) is 1. The number of ether oxygens (including phenoxy) is 1. The number of halogens is 1. The fourth-order valence-corrected chi connectivity index (χ4v) is 2.90. The van der Waals surface area contributed by atoms with Crippen molar-refractivity contribution in [3.05, 3.63) is 110 Å². The normalized spacial score (nSPS) is 11.5. The molecule has 0 amide bonds. The van der Waals surface area contributed by atoms with E-state index in [9.17, 15) is 19.7 Å². The van der Waals surface area contributed by atoms with Crippen LogP contribution in [0.25, 0.3) is 0 Å². The second-order valence-electron chi connectivity index (χ2n) is 6.33. The van der Waals surface area contributed by atoms with Crippen LogP contribution in [0.4, 0.5) is 5.69 Å². The van der Waals surface area contributed by atoms with E-state index in [1.54, 1.807) is 61.5 Å². The number of Topliss-reactive ketones (excluding diaryl/α,β-unsaturated/α-hetero) is 1. The average molecular weight is 410 g/mol. The van der Waals surface area contributed by atoms with Crippen molar-refractivity contribution in [2.24, 2.45) is 0 Å². The van der Waals surface area contributed by atoms with Crippen LogP contribution in [0.2, 0.25) is 5.02 Å². The zero-order chi connectivity index (χ0) is 21.0. The molecule has 6 nitrogen and oxygen atoms in total. The van der Waals surface area contributed by atoms with Gasteiger partial charge in [0.25, 0.3) is 5.69 Å². The van der Waals surface area contributed by atoms with Crippen LogP contribution in [0.15, 0.2) is 72.8 Å². The number of esters is 1. The monoisotopic (exact) mass is 409 g/mol. The van der Waals surface area contributed by atoms with Gasteiger partial charge < -0.3 is 4.74 Å². The summed E-state index contributed by atoms with van der Waals surface area (Å²) in [5.41, 5.74) is 1.02. The Balaban J connectivity index is 1.95. The Morgan fingerprint density at radius 2 is 1.62 bits per heavy atom. The van der Waals surface area contributed by atoms with E-state index in [1.807, 2.05) is 0 Å². The molecule has 0 aliphatic carbocycles. The molecular weight excluding hydrogens is 394 g/mol. The molecule has 0 saturated carbocycles. The van der Waals surface area contributed by atoms with Crippen LogP contribution >= 0.6 is 11.6 Å². The molecule has 3 aromatic rings. The number of nitro groups is 1. The summed E-state index contributed by atoms with van der Waals surface area (Å²) < 4.78 is 5.50. The molecule has 3 rings (SSSR count). The first kappa shape index (κ1) is 20.2. The van der Waals surface area contributed by atoms with Crippen molar-refractivity contribution in [2.75, 3.05) is 0 Å². The SMILES string of the molecule is Cc1ccc(C(=O)O[C@H](C(=O)c2ccccc2)c2ccc(Cl)cc2)cc1[N+](=O)[O-]. The first-order valence-corrected chi connectivity index (χ1v) is 9.05. The van der Waals surface area contributed by atoms with Crippen LogP contribution in [0, 0.1) is 17.0 Å². The van der Waals surface area contributed by atoms with E-state index in [0.717, 1.165) is 6.07 Å². The highest BCUT2D eigenvalue weighted by molar-refractivity contribution is 6.30. The second-order valence-corrected chi connectivity index (χ2v) is 6.76. The van der Waals surface area contributed by atoms with Crippen molar-refractivity contribution in [3.63, 3.8) is 0 Å². The first-order chi connectivity index (χ1) is 13.9. The van der Waals surface area contributed by atoms with E-state index < -0.39 is 22.8 Å². The number of carbonyl (C=O) groups is 2. The molecule has 1 atom stereocenters. The maximum atomic E-state index is 13.0. The summed E-state index contributed by atoms with van der Waals surface area (Å²) in [6, 6.07) is 18.8. The third-order valence-corrected chi connectivity index (χ3v) is 4.59. The van der Waals surface area contributed by atoms with Gasteiger partial charge in [0.2, 0.25) is 5.78 Å². The molecule has 0 saturated heterocycles. The predicted octanol–water partition coefficient (Wildman–Crippen LogP) is 5.34. The van der Waals surface area contributed by atoms with Crippen molar-refractivity contribution in [2.45, 2.75) is 13.0 Å². The van der Waals surface area contributed by atoms with Gasteiger partial charge in [-0.2, -0.15) is 0 Å². The van der Waals surface area contributed by atoms with Crippen molar-refractivity contribution in [3.8, 4) is 0 Å². The van der Waals surface area contributed by atoms with Gasteiger partial charge in [-0.25, -0.2) is 4.79 Å². The highest BCUT2D eigenvalue weighted by Crippen LogP contribution is 2.27. The molecular formula is C22H16ClNO5. The number of benzene rings is 3. The van der Waals surface area contributed by atoms with Gasteiger partial charge in [0, 0.05) is 27.8 Å². The fraction of sp³-hybridized carbons (Fsp3) is 0.0909. The number of aryl methyl sites for hydroxylation is 1. The Bertz CT molecular complexity index is 1060. The molecule has 0 spiro atoms. The van der Waals surface area contributed by atoms with Gasteiger partial charge in [-0.1, -0.05) is 60.1 Å². The summed E-state index contributed by atoms with van der Waals surface area (Å²) in [6.07, 6.45) is -1.22. The molecule has 0 bridgehead atoms. The molecule has 0 heterocycles. The van der Waals surface area contributed by atoms with Gasteiger partial charge in [0.1, 0.15) is 0 Å². The van der Waals surface area contributed by atoms with Crippen molar-refractivity contribution < 1.29 is 19.2 Å². The molecule has 0 unspecified atom stereocenters. The lowest BCUT2D eigenvalue weighted by molar-refractivity contribution is -0.385. The van der Waals surface area contributed by atoms with Gasteiger partial charge in [0.05, 0.1) is 10.5 Å². The van der Waals surface area contributed by atoms with E-state index in [2.05, 4.69) is 0 Å². The standard InChI is InChI=1S/C22H16ClNO5/c1-14-7-8-17(13-19(14)24(27)28)22(26)29-21(16-9-11-18(23)12-10-16)20(25)15-5-3-2-4-6-15/h2-13,21H,1H3/t21-/m0/s1. The van der Waals surface area contributed by atoms with E-state index in [-0.39, 0.29) is 11.3 Å². The van der Waals surface area contributed by atoms with E-state index in [4.69, 9.17) is 16.3 Å². The topological polar surface area (TPSA) is 86.5 Å². The lowest BCUT2D eigenvalue weighted by Crippen LogP contribution is -2.20. The minimum Gasteiger partial charge on any atom is -0.445 e. The molecule has 0 aromatic heterocycles. The van der Waals surface area contributed by atoms with Gasteiger partial charge in [-0.15, -0.1) is 0 Å². The van der Waals surface area contributed by atoms with E-state index >= 15 is 0 Å². The summed E-state index contributed by atoms with van der Waals surface area (Å²) in [7, 11) is 0. The largest absolute Gasteiger partial charge is 0.445 e. The third kappa shape index (κ3) is 4.67. The Labute approximate surface area is 171 Å². The maximum Gasteiger partial charge on any atom is 0.339 e. The van der Waals surface area contributed by atoms with Crippen LogP contribution in [0.5, 0.6) is 0 Å². The molecule has 0 N–H and O–H groups in total. The molecule has 29 heavy (non-hydrogen) atoms. The predicted molar refractivity (Wildman–Crippen MR) is 108 cm³/mol. The van der Waals surface area contributed by atoms with Gasteiger partial charge in [0.15, 0.2) is 6.10 Å². The third-order valence-electron chi connectivity index (χ3n) is 4.34. The second kappa shape index (κ2) is 8.67. The average Bonchev–Trinajstić information content (AvgIpc) is 2.73. The summed E-state index contributed by atoms with van der Waals surface area (Å²) in [5.74, 6) is -1.25. The molecule has 3 aromatic carbocycles. The minimum atomic E-state index is -1.22. The molecule has 7 heteroatoms. The summed E-state index contributed by atoms with van der Waals surface area (Å²) in [5, 5.41) is 11.6. The van der Waals surface area contributed by atoms with Gasteiger partial charge in [-0.05, 0) is 25.1 Å². The first-order valence-electron chi connectivity index (χ1n) is 8.67. The van der Waals surface area contributed by atoms with E-state index in [0.29, 0.717) is 21.7 Å². The number of rotatable bonds is 6. The molecule has 0 aliphatic rings. The zero-order valence-corrected chi connectivity index (χ0v) is 16.1. The molecule has 0 aliphatic heterocycles. The number of ketones is 1. The van der Waals surface area contributed by atoms with Crippen molar-refractivity contribution in [1.29, 1.82) is 0 Å². The van der Waals surface area contributed by atoms with Crippen LogP contribution in [0.3, 0.4) is 0 Å². The van der Waals surface area contributed by atoms with Crippen LogP contribution < -0.4 is 0 Å². The summed E-state index contributed by atoms with van der Waals surface area (Å²) >= 11 is 5.92. The number of carbonyl (C=O) groups excluding carboxylic acids is 2. The van der Waals surface area contributed by atoms with Gasteiger partial charge >= 0.3 is 5.97 Å².